The zero-order valence-electron chi connectivity index (χ0n) is 10.0. The number of rotatable bonds is 1. The predicted molar refractivity (Wildman–Crippen MR) is 60.2 cm³/mol. The summed E-state index contributed by atoms with van der Waals surface area (Å²) in [5.74, 6) is -0.942. The maximum atomic E-state index is 12.4. The van der Waals surface area contributed by atoms with Gasteiger partial charge in [-0.2, -0.15) is 18.4 Å². The lowest BCUT2D eigenvalue weighted by atomic mass is 9.98. The Morgan fingerprint density at radius 3 is 2.50 bits per heavy atom. The number of nitrogens with zero attached hydrogens (tertiary/aromatic N) is 3. The van der Waals surface area contributed by atoms with E-state index >= 15 is 0 Å². The molecule has 0 spiro atoms. The summed E-state index contributed by atoms with van der Waals surface area (Å²) in [6.07, 6.45) is -4.16. The smallest absolute Gasteiger partial charge is 0.354 e. The van der Waals surface area contributed by atoms with Crippen molar-refractivity contribution in [1.29, 1.82) is 5.26 Å². The Morgan fingerprint density at radius 2 is 2.00 bits per heavy atom. The van der Waals surface area contributed by atoms with Crippen LogP contribution < -0.4 is 4.90 Å². The van der Waals surface area contributed by atoms with Crippen LogP contribution in [-0.2, 0) is 0 Å². The molecule has 1 saturated heterocycles. The van der Waals surface area contributed by atoms with Crippen LogP contribution in [0.5, 0.6) is 0 Å². The summed E-state index contributed by atoms with van der Waals surface area (Å²) in [7, 11) is 0. The zero-order valence-corrected chi connectivity index (χ0v) is 10.0. The Morgan fingerprint density at radius 1 is 1.39 bits per heavy atom. The molecule has 0 aliphatic carbocycles. The minimum atomic E-state index is -4.16. The summed E-state index contributed by atoms with van der Waals surface area (Å²) in [5, 5.41) is 9.05. The van der Waals surface area contributed by atoms with Crippen LogP contribution in [0.15, 0.2) is 6.07 Å². The number of halogens is 3. The molecule has 2 rings (SSSR count). The minimum Gasteiger partial charge on any atom is -0.354 e. The Kier molecular flexibility index (Phi) is 2.93. The highest BCUT2D eigenvalue weighted by molar-refractivity contribution is 5.59. The van der Waals surface area contributed by atoms with E-state index in [0.29, 0.717) is 17.1 Å². The number of aromatic nitrogens is 1. The Labute approximate surface area is 103 Å². The number of alkyl halides is 3. The molecule has 18 heavy (non-hydrogen) atoms. The zero-order chi connectivity index (χ0) is 13.5. The van der Waals surface area contributed by atoms with Gasteiger partial charge in [-0.3, -0.25) is 0 Å². The van der Waals surface area contributed by atoms with E-state index < -0.39 is 12.1 Å². The molecule has 0 N–H and O–H groups in total. The molecule has 1 aliphatic heterocycles. The third kappa shape index (κ3) is 2.13. The van der Waals surface area contributed by atoms with Crippen molar-refractivity contribution < 1.29 is 13.2 Å². The first-order valence-corrected chi connectivity index (χ1v) is 5.53. The molecule has 0 atom stereocenters. The molecule has 1 aromatic heterocycles. The second-order valence-electron chi connectivity index (χ2n) is 4.53. The Balaban J connectivity index is 2.25. The van der Waals surface area contributed by atoms with Gasteiger partial charge in [0.05, 0.1) is 11.5 Å². The van der Waals surface area contributed by atoms with Crippen LogP contribution in [-0.4, -0.2) is 24.2 Å². The first-order valence-electron chi connectivity index (χ1n) is 5.53. The van der Waals surface area contributed by atoms with Crippen molar-refractivity contribution in [3.05, 3.63) is 22.9 Å². The quantitative estimate of drug-likeness (QED) is 0.774. The Hall–Kier alpha value is -1.77. The van der Waals surface area contributed by atoms with E-state index in [1.54, 1.807) is 19.9 Å². The van der Waals surface area contributed by atoms with Crippen molar-refractivity contribution in [1.82, 2.24) is 4.98 Å². The second kappa shape index (κ2) is 4.16. The average molecular weight is 255 g/mol. The van der Waals surface area contributed by atoms with Gasteiger partial charge in [0.2, 0.25) is 0 Å². The molecule has 1 fully saturated rings. The van der Waals surface area contributed by atoms with Crippen molar-refractivity contribution in [2.75, 3.05) is 18.0 Å². The molecule has 1 aliphatic rings. The van der Waals surface area contributed by atoms with Crippen LogP contribution in [0.25, 0.3) is 0 Å². The second-order valence-corrected chi connectivity index (χ2v) is 4.53. The average Bonchev–Trinajstić information content (AvgIpc) is 2.11. The summed E-state index contributed by atoms with van der Waals surface area (Å²) in [6.45, 7) is 3.29. The highest BCUT2D eigenvalue weighted by Crippen LogP contribution is 2.37. The molecular formula is C12H12F3N3. The summed E-state index contributed by atoms with van der Waals surface area (Å²) in [4.78, 5) is 5.69. The molecule has 1 aromatic rings. The fourth-order valence-electron chi connectivity index (χ4n) is 2.04. The third-order valence-corrected chi connectivity index (χ3v) is 3.08. The summed E-state index contributed by atoms with van der Waals surface area (Å²) in [6, 6.07) is 3.76. The highest BCUT2D eigenvalue weighted by atomic mass is 19.4. The third-order valence-electron chi connectivity index (χ3n) is 3.08. The van der Waals surface area contributed by atoms with E-state index in [9.17, 15) is 13.2 Å². The molecular weight excluding hydrogens is 243 g/mol. The van der Waals surface area contributed by atoms with Crippen LogP contribution in [0.4, 0.5) is 19.0 Å². The molecule has 3 nitrogen and oxygen atoms in total. The predicted octanol–water partition coefficient (Wildman–Crippen LogP) is 2.57. The van der Waals surface area contributed by atoms with Crippen molar-refractivity contribution in [3.63, 3.8) is 0 Å². The standard InChI is InChI=1S/C12H12F3N3/c1-7-3-8(2)17-11(10(7)4-16)18-5-9(6-18)12(13,14)15/h3,9H,5-6H2,1-2H3. The van der Waals surface area contributed by atoms with Crippen molar-refractivity contribution in [2.24, 2.45) is 5.92 Å². The van der Waals surface area contributed by atoms with Gasteiger partial charge in [0.25, 0.3) is 0 Å². The van der Waals surface area contributed by atoms with Gasteiger partial charge in [-0.25, -0.2) is 4.98 Å². The molecule has 0 radical (unpaired) electrons. The van der Waals surface area contributed by atoms with Crippen LogP contribution >= 0.6 is 0 Å². The SMILES string of the molecule is Cc1cc(C)c(C#N)c(N2CC(C(F)(F)F)C2)n1. The lowest BCUT2D eigenvalue weighted by Gasteiger charge is -2.41. The van der Waals surface area contributed by atoms with E-state index in [1.165, 1.54) is 4.90 Å². The van der Waals surface area contributed by atoms with Gasteiger partial charge in [-0.05, 0) is 25.5 Å². The number of hydrogen-bond donors (Lipinski definition) is 0. The lowest BCUT2D eigenvalue weighted by molar-refractivity contribution is -0.180. The lowest BCUT2D eigenvalue weighted by Crippen LogP contribution is -2.54. The van der Waals surface area contributed by atoms with E-state index in [0.717, 1.165) is 5.56 Å². The summed E-state index contributed by atoms with van der Waals surface area (Å²) >= 11 is 0. The number of nitriles is 1. The summed E-state index contributed by atoms with van der Waals surface area (Å²) < 4.78 is 37.3. The Bertz CT molecular complexity index is 511. The van der Waals surface area contributed by atoms with Crippen molar-refractivity contribution >= 4 is 5.82 Å². The maximum Gasteiger partial charge on any atom is 0.395 e. The molecule has 0 amide bonds. The van der Waals surface area contributed by atoms with Gasteiger partial charge < -0.3 is 4.90 Å². The fraction of sp³-hybridized carbons (Fsp3) is 0.500. The number of anilines is 1. The van der Waals surface area contributed by atoms with Crippen LogP contribution in [0.3, 0.4) is 0 Å². The maximum absolute atomic E-state index is 12.4. The van der Waals surface area contributed by atoms with Gasteiger partial charge in [0.1, 0.15) is 11.9 Å². The van der Waals surface area contributed by atoms with Gasteiger partial charge in [0, 0.05) is 18.8 Å². The van der Waals surface area contributed by atoms with Crippen molar-refractivity contribution in [2.45, 2.75) is 20.0 Å². The molecule has 6 heteroatoms. The van der Waals surface area contributed by atoms with E-state index in [4.69, 9.17) is 5.26 Å². The number of hydrogen-bond acceptors (Lipinski definition) is 3. The summed E-state index contributed by atoms with van der Waals surface area (Å²) in [5.41, 5.74) is 1.81. The first-order chi connectivity index (χ1) is 8.32. The fourth-order valence-corrected chi connectivity index (χ4v) is 2.04. The molecule has 0 saturated carbocycles. The van der Waals surface area contributed by atoms with E-state index in [2.05, 4.69) is 4.98 Å². The molecule has 96 valence electrons. The minimum absolute atomic E-state index is 0.117. The normalized spacial score (nSPS) is 16.3. The van der Waals surface area contributed by atoms with E-state index in [-0.39, 0.29) is 13.1 Å². The van der Waals surface area contributed by atoms with Crippen LogP contribution in [0.1, 0.15) is 16.8 Å². The molecule has 0 unspecified atom stereocenters. The van der Waals surface area contributed by atoms with Gasteiger partial charge in [-0.1, -0.05) is 0 Å². The van der Waals surface area contributed by atoms with Crippen molar-refractivity contribution in [3.8, 4) is 6.07 Å². The topological polar surface area (TPSA) is 39.9 Å². The monoisotopic (exact) mass is 255 g/mol. The van der Waals surface area contributed by atoms with E-state index in [1.807, 2.05) is 6.07 Å². The highest BCUT2D eigenvalue weighted by Gasteiger charge is 2.48. The van der Waals surface area contributed by atoms with Gasteiger partial charge in [0.15, 0.2) is 0 Å². The van der Waals surface area contributed by atoms with Crippen LogP contribution in [0, 0.1) is 31.1 Å². The largest absolute Gasteiger partial charge is 0.395 e. The molecule has 0 bridgehead atoms. The van der Waals surface area contributed by atoms with Gasteiger partial charge >= 0.3 is 6.18 Å². The van der Waals surface area contributed by atoms with Gasteiger partial charge in [-0.15, -0.1) is 0 Å². The molecule has 2 heterocycles. The number of aryl methyl sites for hydroxylation is 2. The van der Waals surface area contributed by atoms with Crippen LogP contribution in [0.2, 0.25) is 0 Å². The molecule has 0 aromatic carbocycles. The first kappa shape index (κ1) is 12.7. The number of pyridine rings is 1.